The third-order valence-electron chi connectivity index (χ3n) is 2.97. The molecule has 124 valence electrons. The topological polar surface area (TPSA) is 73.3 Å². The van der Waals surface area contributed by atoms with Crippen LogP contribution in [0.25, 0.3) is 0 Å². The average Bonchev–Trinajstić information content (AvgIpc) is 3.05. The highest BCUT2D eigenvalue weighted by Gasteiger charge is 2.15. The number of thioether (sulfide) groups is 1. The van der Waals surface area contributed by atoms with Gasteiger partial charge in [0, 0.05) is 6.54 Å². The highest BCUT2D eigenvalue weighted by atomic mass is 32.2. The summed E-state index contributed by atoms with van der Waals surface area (Å²) < 4.78 is 11.2. The number of benzene rings is 1. The molecule has 1 heterocycles. The summed E-state index contributed by atoms with van der Waals surface area (Å²) in [5.41, 5.74) is 0.508. The van der Waals surface area contributed by atoms with E-state index in [0.717, 1.165) is 22.4 Å². The molecule has 2 aromatic rings. The Balaban J connectivity index is 2.00. The van der Waals surface area contributed by atoms with Crippen molar-refractivity contribution in [3.8, 4) is 11.5 Å². The molecule has 0 saturated carbocycles. The van der Waals surface area contributed by atoms with Gasteiger partial charge in [-0.15, -0.1) is 10.2 Å². The molecule has 0 atom stereocenters. The van der Waals surface area contributed by atoms with Crippen molar-refractivity contribution < 1.29 is 14.3 Å². The van der Waals surface area contributed by atoms with E-state index < -0.39 is 0 Å². The number of carbonyl (C=O) groups excluding carboxylic acids is 1. The zero-order valence-electron chi connectivity index (χ0n) is 13.3. The number of anilines is 1. The van der Waals surface area contributed by atoms with Crippen LogP contribution in [0.1, 0.15) is 23.7 Å². The Hall–Kier alpha value is -1.80. The van der Waals surface area contributed by atoms with E-state index in [9.17, 15) is 4.79 Å². The van der Waals surface area contributed by atoms with Crippen LogP contribution in [0, 0.1) is 0 Å². The minimum Gasteiger partial charge on any atom is -0.497 e. The standard InChI is InChI=1S/C15H19N3O3S2/c1-4-7-16-14-17-18-15(23-14)22-9-12(19)11-8-10(20-2)5-6-13(11)21-3/h5-6,8H,4,7,9H2,1-3H3,(H,16,17). The lowest BCUT2D eigenvalue weighted by Gasteiger charge is -2.09. The number of aromatic nitrogens is 2. The van der Waals surface area contributed by atoms with Crippen LogP contribution in [0.15, 0.2) is 22.5 Å². The van der Waals surface area contributed by atoms with Gasteiger partial charge in [-0.1, -0.05) is 30.0 Å². The molecule has 1 N–H and O–H groups in total. The van der Waals surface area contributed by atoms with E-state index in [0.29, 0.717) is 17.1 Å². The van der Waals surface area contributed by atoms with Crippen molar-refractivity contribution in [2.24, 2.45) is 0 Å². The number of hydrogen-bond donors (Lipinski definition) is 1. The van der Waals surface area contributed by atoms with Crippen molar-refractivity contribution >= 4 is 34.0 Å². The number of hydrogen-bond acceptors (Lipinski definition) is 8. The van der Waals surface area contributed by atoms with E-state index >= 15 is 0 Å². The lowest BCUT2D eigenvalue weighted by molar-refractivity contribution is 0.101. The molecule has 0 aliphatic rings. The van der Waals surface area contributed by atoms with Crippen molar-refractivity contribution in [2.45, 2.75) is 17.7 Å². The van der Waals surface area contributed by atoms with Gasteiger partial charge in [0.05, 0.1) is 25.5 Å². The fourth-order valence-electron chi connectivity index (χ4n) is 1.81. The molecule has 2 rings (SSSR count). The maximum atomic E-state index is 12.4. The van der Waals surface area contributed by atoms with Gasteiger partial charge in [-0.2, -0.15) is 0 Å². The van der Waals surface area contributed by atoms with Gasteiger partial charge in [-0.25, -0.2) is 0 Å². The number of ketones is 1. The third-order valence-corrected chi connectivity index (χ3v) is 4.98. The van der Waals surface area contributed by atoms with Crippen LogP contribution in [0.4, 0.5) is 5.13 Å². The fourth-order valence-corrected chi connectivity index (χ4v) is 3.47. The summed E-state index contributed by atoms with van der Waals surface area (Å²) in [5.74, 6) is 1.40. The number of rotatable bonds is 9. The molecular weight excluding hydrogens is 334 g/mol. The van der Waals surface area contributed by atoms with Crippen molar-refractivity contribution in [3.63, 3.8) is 0 Å². The minimum absolute atomic E-state index is 0.0379. The number of methoxy groups -OCH3 is 2. The quantitative estimate of drug-likeness (QED) is 0.547. The zero-order valence-corrected chi connectivity index (χ0v) is 14.9. The molecule has 0 unspecified atom stereocenters. The molecular formula is C15H19N3O3S2. The van der Waals surface area contributed by atoms with Gasteiger partial charge in [-0.3, -0.25) is 4.79 Å². The maximum Gasteiger partial charge on any atom is 0.206 e. The summed E-state index contributed by atoms with van der Waals surface area (Å²) in [7, 11) is 3.11. The first-order valence-corrected chi connectivity index (χ1v) is 8.93. The van der Waals surface area contributed by atoms with Crippen LogP contribution in [0.2, 0.25) is 0 Å². The third kappa shape index (κ3) is 4.84. The van der Waals surface area contributed by atoms with Crippen LogP contribution in [-0.2, 0) is 0 Å². The van der Waals surface area contributed by atoms with E-state index in [4.69, 9.17) is 9.47 Å². The van der Waals surface area contributed by atoms with Crippen molar-refractivity contribution in [1.29, 1.82) is 0 Å². The van der Waals surface area contributed by atoms with E-state index in [1.807, 2.05) is 0 Å². The van der Waals surface area contributed by atoms with E-state index in [1.165, 1.54) is 23.1 Å². The Kier molecular flexibility index (Phi) is 6.66. The molecule has 0 spiro atoms. The lowest BCUT2D eigenvalue weighted by atomic mass is 10.1. The smallest absolute Gasteiger partial charge is 0.206 e. The van der Waals surface area contributed by atoms with Crippen LogP contribution >= 0.6 is 23.1 Å². The fraction of sp³-hybridized carbons (Fsp3) is 0.400. The van der Waals surface area contributed by atoms with Gasteiger partial charge in [-0.05, 0) is 24.6 Å². The van der Waals surface area contributed by atoms with Gasteiger partial charge in [0.15, 0.2) is 10.1 Å². The first-order chi connectivity index (χ1) is 11.2. The molecule has 0 aliphatic heterocycles. The molecule has 1 aromatic heterocycles. The van der Waals surface area contributed by atoms with E-state index in [1.54, 1.807) is 32.4 Å². The van der Waals surface area contributed by atoms with Crippen LogP contribution < -0.4 is 14.8 Å². The second kappa shape index (κ2) is 8.73. The monoisotopic (exact) mass is 353 g/mol. The van der Waals surface area contributed by atoms with Gasteiger partial charge in [0.1, 0.15) is 11.5 Å². The molecule has 0 saturated heterocycles. The first-order valence-electron chi connectivity index (χ1n) is 7.13. The number of carbonyl (C=O) groups is 1. The van der Waals surface area contributed by atoms with Gasteiger partial charge in [0.25, 0.3) is 0 Å². The highest BCUT2D eigenvalue weighted by Crippen LogP contribution is 2.29. The van der Waals surface area contributed by atoms with Gasteiger partial charge < -0.3 is 14.8 Å². The lowest BCUT2D eigenvalue weighted by Crippen LogP contribution is -2.05. The summed E-state index contributed by atoms with van der Waals surface area (Å²) >= 11 is 2.82. The van der Waals surface area contributed by atoms with Gasteiger partial charge >= 0.3 is 0 Å². The number of nitrogens with one attached hydrogen (secondary N) is 1. The molecule has 1 aromatic carbocycles. The Labute approximate surface area is 143 Å². The number of nitrogens with zero attached hydrogens (tertiary/aromatic N) is 2. The Morgan fingerprint density at radius 2 is 2.13 bits per heavy atom. The Morgan fingerprint density at radius 3 is 2.83 bits per heavy atom. The normalized spacial score (nSPS) is 10.4. The molecule has 0 fully saturated rings. The van der Waals surface area contributed by atoms with Crippen LogP contribution in [0.5, 0.6) is 11.5 Å². The van der Waals surface area contributed by atoms with Crippen LogP contribution in [-0.4, -0.2) is 42.5 Å². The summed E-state index contributed by atoms with van der Waals surface area (Å²) in [6, 6.07) is 5.18. The Morgan fingerprint density at radius 1 is 1.30 bits per heavy atom. The molecule has 0 radical (unpaired) electrons. The summed E-state index contributed by atoms with van der Waals surface area (Å²) in [5, 5.41) is 12.1. The van der Waals surface area contributed by atoms with Crippen molar-refractivity contribution in [3.05, 3.63) is 23.8 Å². The molecule has 0 amide bonds. The van der Waals surface area contributed by atoms with Gasteiger partial charge in [0.2, 0.25) is 5.13 Å². The summed E-state index contributed by atoms with van der Waals surface area (Å²) in [6.45, 7) is 2.95. The predicted molar refractivity (Wildman–Crippen MR) is 93.3 cm³/mol. The Bertz CT molecular complexity index is 661. The van der Waals surface area contributed by atoms with Crippen molar-refractivity contribution in [2.75, 3.05) is 31.8 Å². The molecule has 8 heteroatoms. The summed E-state index contributed by atoms with van der Waals surface area (Å²) in [4.78, 5) is 12.4. The van der Waals surface area contributed by atoms with Crippen molar-refractivity contribution in [1.82, 2.24) is 10.2 Å². The average molecular weight is 353 g/mol. The minimum atomic E-state index is -0.0379. The molecule has 6 nitrogen and oxygen atoms in total. The number of Topliss-reactive ketones (excluding diaryl/α,β-unsaturated/α-hetero) is 1. The zero-order chi connectivity index (χ0) is 16.7. The van der Waals surface area contributed by atoms with Crippen LogP contribution in [0.3, 0.4) is 0 Å². The first kappa shape index (κ1) is 17.6. The second-order valence-corrected chi connectivity index (χ2v) is 6.78. The second-order valence-electron chi connectivity index (χ2n) is 4.58. The largest absolute Gasteiger partial charge is 0.497 e. The molecule has 0 bridgehead atoms. The molecule has 0 aliphatic carbocycles. The van der Waals surface area contributed by atoms with E-state index in [-0.39, 0.29) is 11.5 Å². The van der Waals surface area contributed by atoms with E-state index in [2.05, 4.69) is 22.4 Å². The predicted octanol–water partition coefficient (Wildman–Crippen LogP) is 3.35. The number of ether oxygens (including phenoxy) is 2. The highest BCUT2D eigenvalue weighted by molar-refractivity contribution is 8.01. The summed E-state index contributed by atoms with van der Waals surface area (Å²) in [6.07, 6.45) is 1.02. The maximum absolute atomic E-state index is 12.4. The SMILES string of the molecule is CCCNc1nnc(SCC(=O)c2cc(OC)ccc2OC)s1. The molecule has 23 heavy (non-hydrogen) atoms.